The zero-order chi connectivity index (χ0) is 20.0. The highest BCUT2D eigenvalue weighted by molar-refractivity contribution is 7.19. The first-order valence-corrected chi connectivity index (χ1v) is 8.86. The molecule has 2 aromatic heterocycles. The number of nitrogens with zero attached hydrogens (tertiary/aromatic N) is 2. The van der Waals surface area contributed by atoms with Crippen LogP contribution in [0.3, 0.4) is 0 Å². The summed E-state index contributed by atoms with van der Waals surface area (Å²) in [6.07, 6.45) is 1.70. The second-order valence-electron chi connectivity index (χ2n) is 5.98. The Balaban J connectivity index is 1.65. The Morgan fingerprint density at radius 3 is 2.43 bits per heavy atom. The third-order valence-corrected chi connectivity index (χ3v) is 5.34. The molecule has 28 heavy (non-hydrogen) atoms. The van der Waals surface area contributed by atoms with Gasteiger partial charge in [-0.3, -0.25) is 9.20 Å². The number of benzene rings is 2. The normalized spacial score (nSPS) is 11.2. The summed E-state index contributed by atoms with van der Waals surface area (Å²) in [5, 5.41) is 2.25. The van der Waals surface area contributed by atoms with Crippen LogP contribution < -0.4 is 5.32 Å². The molecular weight excluding hydrogens is 394 g/mol. The highest BCUT2D eigenvalue weighted by Gasteiger charge is 2.21. The van der Waals surface area contributed by atoms with Gasteiger partial charge < -0.3 is 5.32 Å². The highest BCUT2D eigenvalue weighted by Crippen LogP contribution is 2.28. The summed E-state index contributed by atoms with van der Waals surface area (Å²) in [5.41, 5.74) is 1.40. The van der Waals surface area contributed by atoms with Gasteiger partial charge in [0.2, 0.25) is 0 Å². The maximum absolute atomic E-state index is 13.8. The minimum Gasteiger partial charge on any atom is -0.319 e. The van der Waals surface area contributed by atoms with E-state index in [1.54, 1.807) is 29.7 Å². The van der Waals surface area contributed by atoms with Crippen molar-refractivity contribution in [2.24, 2.45) is 0 Å². The molecule has 1 N–H and O–H groups in total. The fourth-order valence-electron chi connectivity index (χ4n) is 2.72. The molecule has 0 radical (unpaired) electrons. The predicted octanol–water partition coefficient (Wildman–Crippen LogP) is 5.18. The van der Waals surface area contributed by atoms with Gasteiger partial charge >= 0.3 is 0 Å². The lowest BCUT2D eigenvalue weighted by molar-refractivity contribution is 0.102. The van der Waals surface area contributed by atoms with E-state index in [-0.39, 0.29) is 10.7 Å². The molecule has 1 amide bonds. The lowest BCUT2D eigenvalue weighted by atomic mass is 10.2. The maximum atomic E-state index is 13.8. The summed E-state index contributed by atoms with van der Waals surface area (Å²) >= 11 is 1.06. The van der Waals surface area contributed by atoms with Crippen LogP contribution in [-0.2, 0) is 0 Å². The van der Waals surface area contributed by atoms with E-state index >= 15 is 0 Å². The SMILES string of the molecule is Cc1c(C(=O)Nc2ccc(F)c(F)c2F)sc2nc(-c3ccc(F)cc3)cn12. The van der Waals surface area contributed by atoms with E-state index in [1.807, 2.05) is 0 Å². The minimum absolute atomic E-state index is 0.247. The number of anilines is 1. The van der Waals surface area contributed by atoms with Crippen LogP contribution in [-0.4, -0.2) is 15.3 Å². The molecule has 0 spiro atoms. The van der Waals surface area contributed by atoms with Crippen LogP contribution in [0.5, 0.6) is 0 Å². The Morgan fingerprint density at radius 2 is 1.75 bits per heavy atom. The number of carbonyl (C=O) groups excluding carboxylic acids is 1. The van der Waals surface area contributed by atoms with E-state index < -0.39 is 29.0 Å². The van der Waals surface area contributed by atoms with Gasteiger partial charge in [0.05, 0.1) is 11.4 Å². The average molecular weight is 405 g/mol. The molecule has 0 aliphatic heterocycles. The quantitative estimate of drug-likeness (QED) is 0.377. The molecule has 4 nitrogen and oxygen atoms in total. The molecule has 0 atom stereocenters. The van der Waals surface area contributed by atoms with E-state index in [0.717, 1.165) is 23.5 Å². The molecule has 0 saturated carbocycles. The Bertz CT molecular complexity index is 1210. The van der Waals surface area contributed by atoms with Crippen LogP contribution in [0.1, 0.15) is 15.4 Å². The molecule has 4 aromatic rings. The number of fused-ring (bicyclic) bond motifs is 1. The molecule has 0 bridgehead atoms. The summed E-state index contributed by atoms with van der Waals surface area (Å²) in [7, 11) is 0. The molecule has 9 heteroatoms. The van der Waals surface area contributed by atoms with Crippen molar-refractivity contribution in [3.63, 3.8) is 0 Å². The van der Waals surface area contributed by atoms with E-state index in [4.69, 9.17) is 0 Å². The van der Waals surface area contributed by atoms with E-state index in [2.05, 4.69) is 10.3 Å². The third-order valence-electron chi connectivity index (χ3n) is 4.19. The van der Waals surface area contributed by atoms with Crippen LogP contribution in [0.15, 0.2) is 42.6 Å². The lowest BCUT2D eigenvalue weighted by Gasteiger charge is -2.06. The predicted molar refractivity (Wildman–Crippen MR) is 97.5 cm³/mol. The second kappa shape index (κ2) is 6.75. The van der Waals surface area contributed by atoms with Gasteiger partial charge in [0, 0.05) is 17.5 Å². The van der Waals surface area contributed by atoms with Crippen molar-refractivity contribution in [3.05, 3.63) is 76.4 Å². The van der Waals surface area contributed by atoms with E-state index in [9.17, 15) is 22.4 Å². The van der Waals surface area contributed by atoms with Crippen molar-refractivity contribution in [1.82, 2.24) is 9.38 Å². The van der Waals surface area contributed by atoms with Gasteiger partial charge in [-0.2, -0.15) is 0 Å². The Labute approximate surface area is 160 Å². The van der Waals surface area contributed by atoms with Crippen molar-refractivity contribution in [2.75, 3.05) is 5.32 Å². The number of carbonyl (C=O) groups is 1. The topological polar surface area (TPSA) is 46.4 Å². The number of imidazole rings is 1. The number of halogens is 4. The number of nitrogens with one attached hydrogen (secondary N) is 1. The molecule has 4 rings (SSSR count). The van der Waals surface area contributed by atoms with Gasteiger partial charge in [0.25, 0.3) is 5.91 Å². The standard InChI is InChI=1S/C19H11F4N3OS/c1-9-17(18(27)24-13-7-6-12(21)15(22)16(13)23)28-19-25-14(8-26(9)19)10-2-4-11(20)5-3-10/h2-8H,1H3,(H,24,27). The Morgan fingerprint density at radius 1 is 1.04 bits per heavy atom. The number of rotatable bonds is 3. The van der Waals surface area contributed by atoms with E-state index in [0.29, 0.717) is 21.9 Å². The van der Waals surface area contributed by atoms with Gasteiger partial charge in [-0.1, -0.05) is 11.3 Å². The minimum atomic E-state index is -1.65. The maximum Gasteiger partial charge on any atom is 0.267 e. The third kappa shape index (κ3) is 3.03. The zero-order valence-corrected chi connectivity index (χ0v) is 15.1. The van der Waals surface area contributed by atoms with Gasteiger partial charge in [0.15, 0.2) is 22.4 Å². The summed E-state index contributed by atoms with van der Waals surface area (Å²) in [6, 6.07) is 7.52. The molecule has 0 unspecified atom stereocenters. The first-order chi connectivity index (χ1) is 13.3. The summed E-state index contributed by atoms with van der Waals surface area (Å²) in [6.45, 7) is 1.68. The van der Waals surface area contributed by atoms with E-state index in [1.165, 1.54) is 12.1 Å². The fraction of sp³-hybridized carbons (Fsp3) is 0.0526. The smallest absolute Gasteiger partial charge is 0.267 e. The summed E-state index contributed by atoms with van der Waals surface area (Å²) < 4.78 is 54.9. The van der Waals surface area contributed by atoms with Crippen LogP contribution in [0.4, 0.5) is 23.2 Å². The second-order valence-corrected chi connectivity index (χ2v) is 6.96. The zero-order valence-electron chi connectivity index (χ0n) is 14.3. The van der Waals surface area contributed by atoms with Crippen molar-refractivity contribution in [1.29, 1.82) is 0 Å². The number of hydrogen-bond donors (Lipinski definition) is 1. The summed E-state index contributed by atoms with van der Waals surface area (Å²) in [5.74, 6) is -5.48. The first-order valence-electron chi connectivity index (χ1n) is 8.04. The molecule has 142 valence electrons. The van der Waals surface area contributed by atoms with Crippen LogP contribution in [0.2, 0.25) is 0 Å². The van der Waals surface area contributed by atoms with Crippen molar-refractivity contribution < 1.29 is 22.4 Å². The lowest BCUT2D eigenvalue weighted by Crippen LogP contribution is -2.14. The average Bonchev–Trinajstić information content (AvgIpc) is 3.22. The van der Waals surface area contributed by atoms with Crippen molar-refractivity contribution >= 4 is 27.9 Å². The Hall–Kier alpha value is -3.20. The molecule has 2 heterocycles. The molecular formula is C19H11F4N3OS. The van der Waals surface area contributed by atoms with Gasteiger partial charge in [-0.05, 0) is 43.3 Å². The number of amides is 1. The molecule has 0 fully saturated rings. The van der Waals surface area contributed by atoms with Crippen molar-refractivity contribution in [2.45, 2.75) is 6.92 Å². The number of aromatic nitrogens is 2. The highest BCUT2D eigenvalue weighted by atomic mass is 32.1. The first kappa shape index (κ1) is 18.2. The van der Waals surface area contributed by atoms with Crippen LogP contribution >= 0.6 is 11.3 Å². The fourth-order valence-corrected chi connectivity index (χ4v) is 3.73. The van der Waals surface area contributed by atoms with Crippen LogP contribution in [0.25, 0.3) is 16.2 Å². The van der Waals surface area contributed by atoms with Gasteiger partial charge in [-0.25, -0.2) is 22.5 Å². The monoisotopic (exact) mass is 405 g/mol. The summed E-state index contributed by atoms with van der Waals surface area (Å²) in [4.78, 5) is 17.7. The largest absolute Gasteiger partial charge is 0.319 e. The van der Waals surface area contributed by atoms with Gasteiger partial charge in [-0.15, -0.1) is 0 Å². The Kier molecular flexibility index (Phi) is 4.38. The number of aryl methyl sites for hydroxylation is 1. The molecule has 0 saturated heterocycles. The van der Waals surface area contributed by atoms with Gasteiger partial charge in [0.1, 0.15) is 10.7 Å². The number of hydrogen-bond acceptors (Lipinski definition) is 3. The van der Waals surface area contributed by atoms with Crippen molar-refractivity contribution in [3.8, 4) is 11.3 Å². The number of thiazole rings is 1. The molecule has 0 aliphatic rings. The van der Waals surface area contributed by atoms with Crippen LogP contribution in [0, 0.1) is 30.2 Å². The molecule has 0 aliphatic carbocycles. The molecule has 2 aromatic carbocycles.